The molecule has 1 saturated carbocycles. The third-order valence-electron chi connectivity index (χ3n) is 5.24. The minimum absolute atomic E-state index is 0.542. The Bertz CT molecular complexity index is 780. The topological polar surface area (TPSA) is 38.4 Å². The average Bonchev–Trinajstić information content (AvgIpc) is 2.79. The van der Waals surface area contributed by atoms with E-state index < -0.39 is 5.54 Å². The van der Waals surface area contributed by atoms with Crippen molar-refractivity contribution in [2.75, 3.05) is 0 Å². The van der Waals surface area contributed by atoms with E-state index in [1.807, 2.05) is 64.1 Å². The fraction of sp³-hybridized carbons (Fsp3) is 0.469. The van der Waals surface area contributed by atoms with Crippen LogP contribution in [0.4, 0.5) is 0 Å². The molecule has 0 bridgehead atoms. The molecule has 2 aromatic carbocycles. The fourth-order valence-corrected chi connectivity index (χ4v) is 3.81. The van der Waals surface area contributed by atoms with Crippen molar-refractivity contribution >= 4 is 5.84 Å². The lowest BCUT2D eigenvalue weighted by molar-refractivity contribution is 0.385. The average molecular weight is 463 g/mol. The second-order valence-corrected chi connectivity index (χ2v) is 9.63. The fourth-order valence-electron chi connectivity index (χ4n) is 3.81. The molecule has 3 rings (SSSR count). The molecule has 34 heavy (non-hydrogen) atoms. The van der Waals surface area contributed by atoms with E-state index in [-0.39, 0.29) is 0 Å². The molecule has 0 unspecified atom stereocenters. The molecule has 2 N–H and O–H groups in total. The normalized spacial score (nSPS) is 13.7. The van der Waals surface area contributed by atoms with E-state index in [4.69, 9.17) is 10.7 Å². The first kappa shape index (κ1) is 31.4. The number of hydrogen-bond donors (Lipinski definition) is 1. The van der Waals surface area contributed by atoms with Crippen molar-refractivity contribution in [2.45, 2.75) is 92.5 Å². The maximum absolute atomic E-state index is 5.90. The van der Waals surface area contributed by atoms with Crippen LogP contribution in [-0.2, 0) is 5.54 Å². The first-order valence-corrected chi connectivity index (χ1v) is 12.8. The molecule has 0 radical (unpaired) electrons. The molecule has 0 spiro atoms. The zero-order valence-corrected chi connectivity index (χ0v) is 23.0. The molecule has 0 heterocycles. The van der Waals surface area contributed by atoms with Gasteiger partial charge in [0.2, 0.25) is 0 Å². The SMILES string of the molecule is C=C(C)C.C=C(C)C(N=C(C)N)(c1ccccc1)c1ccccc1.CC1CCCCC1.CCC. The summed E-state index contributed by atoms with van der Waals surface area (Å²) in [5.74, 6) is 1.58. The van der Waals surface area contributed by atoms with Crippen molar-refractivity contribution in [3.8, 4) is 0 Å². The molecule has 2 aromatic rings. The summed E-state index contributed by atoms with van der Waals surface area (Å²) < 4.78 is 0. The van der Waals surface area contributed by atoms with Crippen LogP contribution in [0.25, 0.3) is 0 Å². The lowest BCUT2D eigenvalue weighted by Crippen LogP contribution is -2.29. The Balaban J connectivity index is 0.000000635. The summed E-state index contributed by atoms with van der Waals surface area (Å²) in [5.41, 5.74) is 9.53. The molecule has 2 heteroatoms. The molecule has 0 aliphatic heterocycles. The van der Waals surface area contributed by atoms with Crippen LogP contribution in [0.5, 0.6) is 0 Å². The van der Waals surface area contributed by atoms with E-state index in [9.17, 15) is 0 Å². The number of aliphatic imine (C=N–C) groups is 1. The summed E-state index contributed by atoms with van der Waals surface area (Å²) in [6.45, 7) is 22.1. The van der Waals surface area contributed by atoms with Gasteiger partial charge in [0.05, 0.1) is 5.84 Å². The van der Waals surface area contributed by atoms with Gasteiger partial charge in [0.1, 0.15) is 5.54 Å². The molecule has 1 aliphatic rings. The maximum atomic E-state index is 5.90. The number of allylic oxidation sites excluding steroid dienone is 1. The summed E-state index contributed by atoms with van der Waals surface area (Å²) >= 11 is 0. The smallest absolute Gasteiger partial charge is 0.133 e. The van der Waals surface area contributed by atoms with Gasteiger partial charge in [-0.15, -0.1) is 6.58 Å². The van der Waals surface area contributed by atoms with Gasteiger partial charge in [-0.3, -0.25) is 4.99 Å². The largest absolute Gasteiger partial charge is 0.388 e. The van der Waals surface area contributed by atoms with Crippen molar-refractivity contribution in [2.24, 2.45) is 16.6 Å². The highest BCUT2D eigenvalue weighted by Gasteiger charge is 2.34. The van der Waals surface area contributed by atoms with Gasteiger partial charge in [0.15, 0.2) is 0 Å². The Morgan fingerprint density at radius 1 is 0.824 bits per heavy atom. The van der Waals surface area contributed by atoms with Gasteiger partial charge in [0, 0.05) is 0 Å². The van der Waals surface area contributed by atoms with Gasteiger partial charge in [0.25, 0.3) is 0 Å². The Labute approximate surface area is 211 Å². The Morgan fingerprint density at radius 3 is 1.41 bits per heavy atom. The molecule has 0 saturated heterocycles. The molecule has 2 nitrogen and oxygen atoms in total. The molecular formula is C32H50N2. The number of nitrogens with zero attached hydrogens (tertiary/aromatic N) is 1. The molecule has 1 aliphatic carbocycles. The lowest BCUT2D eigenvalue weighted by Gasteiger charge is -2.32. The van der Waals surface area contributed by atoms with E-state index in [1.54, 1.807) is 0 Å². The molecular weight excluding hydrogens is 412 g/mol. The van der Waals surface area contributed by atoms with Crippen molar-refractivity contribution in [1.82, 2.24) is 0 Å². The van der Waals surface area contributed by atoms with Crippen LogP contribution in [-0.4, -0.2) is 5.84 Å². The molecule has 0 aromatic heterocycles. The third-order valence-corrected chi connectivity index (χ3v) is 5.24. The molecule has 1 fully saturated rings. The summed E-state index contributed by atoms with van der Waals surface area (Å²) in [6, 6.07) is 20.3. The second-order valence-electron chi connectivity index (χ2n) is 9.63. The minimum Gasteiger partial charge on any atom is -0.388 e. The number of nitrogens with two attached hydrogens (primary N) is 1. The summed E-state index contributed by atoms with van der Waals surface area (Å²) in [6.07, 6.45) is 8.69. The van der Waals surface area contributed by atoms with Gasteiger partial charge >= 0.3 is 0 Å². The number of hydrogen-bond acceptors (Lipinski definition) is 1. The van der Waals surface area contributed by atoms with Gasteiger partial charge < -0.3 is 5.73 Å². The van der Waals surface area contributed by atoms with Gasteiger partial charge in [-0.2, -0.15) is 0 Å². The Morgan fingerprint density at radius 2 is 1.18 bits per heavy atom. The quantitative estimate of drug-likeness (QED) is 0.274. The van der Waals surface area contributed by atoms with Crippen LogP contribution in [0.3, 0.4) is 0 Å². The third kappa shape index (κ3) is 12.0. The number of rotatable bonds is 4. The Kier molecular flexibility index (Phi) is 16.4. The highest BCUT2D eigenvalue weighted by molar-refractivity contribution is 5.79. The first-order valence-electron chi connectivity index (χ1n) is 12.8. The first-order chi connectivity index (χ1) is 16.1. The van der Waals surface area contributed by atoms with Crippen LogP contribution < -0.4 is 5.73 Å². The monoisotopic (exact) mass is 462 g/mol. The van der Waals surface area contributed by atoms with Gasteiger partial charge in [-0.05, 0) is 50.3 Å². The Hall–Kier alpha value is -2.61. The van der Waals surface area contributed by atoms with Crippen molar-refractivity contribution in [3.63, 3.8) is 0 Å². The standard InChI is InChI=1S/C18H20N2.C7H14.C4H8.C3H8/c1-14(2)18(20-15(3)19,16-10-6-4-7-11-16)17-12-8-5-9-13-17;1-7-5-3-2-4-6-7;1-4(2)3;1-3-2/h4-13H,1H2,2-3H3,(H2,19,20);7H,2-6H2,1H3;1H2,2-3H3;3H2,1-2H3. The van der Waals surface area contributed by atoms with Gasteiger partial charge in [-0.25, -0.2) is 0 Å². The summed E-state index contributed by atoms with van der Waals surface area (Å²) in [5, 5.41) is 0. The summed E-state index contributed by atoms with van der Waals surface area (Å²) in [4.78, 5) is 4.74. The molecule has 0 atom stereocenters. The van der Waals surface area contributed by atoms with Crippen LogP contribution in [0.2, 0.25) is 0 Å². The van der Waals surface area contributed by atoms with Crippen LogP contribution in [0.15, 0.2) is 90.0 Å². The van der Waals surface area contributed by atoms with E-state index in [1.165, 1.54) is 44.1 Å². The molecule has 0 amide bonds. The predicted octanol–water partition coefficient (Wildman–Crippen LogP) is 9.47. The van der Waals surface area contributed by atoms with E-state index in [2.05, 4.69) is 58.2 Å². The second kappa shape index (κ2) is 17.8. The van der Waals surface area contributed by atoms with E-state index >= 15 is 0 Å². The zero-order valence-electron chi connectivity index (χ0n) is 23.0. The maximum Gasteiger partial charge on any atom is 0.133 e. The van der Waals surface area contributed by atoms with Crippen LogP contribution in [0.1, 0.15) is 98.1 Å². The predicted molar refractivity (Wildman–Crippen MR) is 154 cm³/mol. The lowest BCUT2D eigenvalue weighted by atomic mass is 9.78. The van der Waals surface area contributed by atoms with Crippen molar-refractivity contribution < 1.29 is 0 Å². The molecule has 188 valence electrons. The highest BCUT2D eigenvalue weighted by Crippen LogP contribution is 2.39. The van der Waals surface area contributed by atoms with Crippen LogP contribution >= 0.6 is 0 Å². The van der Waals surface area contributed by atoms with E-state index in [0.29, 0.717) is 5.84 Å². The van der Waals surface area contributed by atoms with Crippen LogP contribution in [0, 0.1) is 5.92 Å². The minimum atomic E-state index is -0.624. The van der Waals surface area contributed by atoms with Crippen molar-refractivity contribution in [1.29, 1.82) is 0 Å². The number of benzene rings is 2. The van der Waals surface area contributed by atoms with E-state index in [0.717, 1.165) is 22.6 Å². The highest BCUT2D eigenvalue weighted by atomic mass is 14.9. The number of amidine groups is 1. The zero-order chi connectivity index (χ0) is 26.0. The summed E-state index contributed by atoms with van der Waals surface area (Å²) in [7, 11) is 0. The van der Waals surface area contributed by atoms with Gasteiger partial charge in [-0.1, -0.05) is 132 Å². The van der Waals surface area contributed by atoms with Crippen molar-refractivity contribution in [3.05, 3.63) is 96.1 Å².